The van der Waals surface area contributed by atoms with Crippen molar-refractivity contribution in [3.05, 3.63) is 29.8 Å². The average molecular weight is 265 g/mol. The van der Waals surface area contributed by atoms with E-state index in [0.29, 0.717) is 13.2 Å². The second-order valence-corrected chi connectivity index (χ2v) is 4.22. The molecule has 5 nitrogen and oxygen atoms in total. The van der Waals surface area contributed by atoms with Gasteiger partial charge >= 0.3 is 5.97 Å². The molecule has 1 rings (SSSR count). The molecule has 0 saturated heterocycles. The number of carbonyl (C=O) groups excluding carboxylic acids is 2. The Balaban J connectivity index is 2.42. The lowest BCUT2D eigenvalue weighted by Crippen LogP contribution is -2.30. The van der Waals surface area contributed by atoms with Crippen molar-refractivity contribution in [2.45, 2.75) is 19.8 Å². The predicted octanol–water partition coefficient (Wildman–Crippen LogP) is 1.35. The quantitative estimate of drug-likeness (QED) is 0.788. The van der Waals surface area contributed by atoms with Crippen LogP contribution in [0.3, 0.4) is 0 Å². The Hall–Kier alpha value is -2.04. The summed E-state index contributed by atoms with van der Waals surface area (Å²) in [5.41, 5.74) is 0.744. The Kier molecular flexibility index (Phi) is 5.85. The van der Waals surface area contributed by atoms with Gasteiger partial charge in [0.2, 0.25) is 5.91 Å². The van der Waals surface area contributed by atoms with Gasteiger partial charge in [-0.05, 0) is 24.6 Å². The molecule has 0 aliphatic rings. The number of hydrogen-bond donors (Lipinski definition) is 1. The summed E-state index contributed by atoms with van der Waals surface area (Å²) >= 11 is 0. The number of benzene rings is 1. The van der Waals surface area contributed by atoms with Gasteiger partial charge in [0.05, 0.1) is 19.4 Å². The second-order valence-electron chi connectivity index (χ2n) is 4.22. The van der Waals surface area contributed by atoms with Crippen LogP contribution in [0.2, 0.25) is 0 Å². The van der Waals surface area contributed by atoms with Crippen LogP contribution < -0.4 is 0 Å². The van der Waals surface area contributed by atoms with Crippen LogP contribution >= 0.6 is 0 Å². The normalized spacial score (nSPS) is 10.0. The Morgan fingerprint density at radius 2 is 2.11 bits per heavy atom. The first-order chi connectivity index (χ1) is 9.02. The minimum absolute atomic E-state index is 0.102. The number of phenols is 1. The first-order valence-corrected chi connectivity index (χ1v) is 6.20. The van der Waals surface area contributed by atoms with Gasteiger partial charge in [-0.25, -0.2) is 0 Å². The fourth-order valence-electron chi connectivity index (χ4n) is 1.59. The Morgan fingerprint density at radius 1 is 1.37 bits per heavy atom. The number of ether oxygens (including phenoxy) is 1. The Bertz CT molecular complexity index is 445. The number of amides is 1. The van der Waals surface area contributed by atoms with Gasteiger partial charge in [-0.3, -0.25) is 9.59 Å². The summed E-state index contributed by atoms with van der Waals surface area (Å²) < 4.78 is 4.80. The van der Waals surface area contributed by atoms with Crippen molar-refractivity contribution < 1.29 is 19.4 Å². The lowest BCUT2D eigenvalue weighted by molar-refractivity contribution is -0.143. The summed E-state index contributed by atoms with van der Waals surface area (Å²) in [4.78, 5) is 24.6. The molecule has 1 N–H and O–H groups in total. The fraction of sp³-hybridized carbons (Fsp3) is 0.429. The van der Waals surface area contributed by atoms with Crippen LogP contribution in [0.25, 0.3) is 0 Å². The van der Waals surface area contributed by atoms with Gasteiger partial charge in [0, 0.05) is 13.6 Å². The van der Waals surface area contributed by atoms with Gasteiger partial charge in [-0.15, -0.1) is 0 Å². The average Bonchev–Trinajstić information content (AvgIpc) is 2.36. The summed E-state index contributed by atoms with van der Waals surface area (Å²) in [7, 11) is 1.64. The van der Waals surface area contributed by atoms with E-state index < -0.39 is 0 Å². The van der Waals surface area contributed by atoms with Crippen LogP contribution in [-0.2, 0) is 20.7 Å². The highest BCUT2D eigenvalue weighted by atomic mass is 16.5. The highest BCUT2D eigenvalue weighted by Crippen LogP contribution is 2.12. The maximum Gasteiger partial charge on any atom is 0.307 e. The molecule has 1 aromatic rings. The minimum Gasteiger partial charge on any atom is -0.508 e. The zero-order chi connectivity index (χ0) is 14.3. The van der Waals surface area contributed by atoms with E-state index in [1.54, 1.807) is 38.2 Å². The molecule has 1 amide bonds. The molecule has 0 fully saturated rings. The number of hydrogen-bond acceptors (Lipinski definition) is 4. The predicted molar refractivity (Wildman–Crippen MR) is 70.7 cm³/mol. The van der Waals surface area contributed by atoms with Crippen LogP contribution in [0.4, 0.5) is 0 Å². The van der Waals surface area contributed by atoms with Crippen molar-refractivity contribution in [3.8, 4) is 5.75 Å². The van der Waals surface area contributed by atoms with E-state index >= 15 is 0 Å². The third-order valence-electron chi connectivity index (χ3n) is 2.65. The summed E-state index contributed by atoms with van der Waals surface area (Å²) in [5, 5.41) is 9.31. The lowest BCUT2D eigenvalue weighted by atomic mass is 10.1. The summed E-state index contributed by atoms with van der Waals surface area (Å²) in [6.45, 7) is 2.42. The minimum atomic E-state index is -0.306. The van der Waals surface area contributed by atoms with Crippen LogP contribution in [0.15, 0.2) is 24.3 Å². The monoisotopic (exact) mass is 265 g/mol. The molecule has 1 aromatic carbocycles. The standard InChI is InChI=1S/C14H19NO4/c1-3-19-14(18)7-8-15(2)13(17)10-11-5-4-6-12(16)9-11/h4-6,9,16H,3,7-8,10H2,1-2H3. The van der Waals surface area contributed by atoms with Gasteiger partial charge in [0.1, 0.15) is 5.75 Å². The molecule has 0 saturated carbocycles. The Morgan fingerprint density at radius 3 is 2.74 bits per heavy atom. The molecular formula is C14H19NO4. The third-order valence-corrected chi connectivity index (χ3v) is 2.65. The largest absolute Gasteiger partial charge is 0.508 e. The van der Waals surface area contributed by atoms with Crippen LogP contribution in [0.5, 0.6) is 5.75 Å². The van der Waals surface area contributed by atoms with E-state index in [9.17, 15) is 14.7 Å². The third kappa shape index (κ3) is 5.42. The number of phenolic OH excluding ortho intramolecular Hbond substituents is 1. The molecule has 0 bridgehead atoms. The summed E-state index contributed by atoms with van der Waals surface area (Å²) in [5.74, 6) is -0.270. The molecule has 0 unspecified atom stereocenters. The number of esters is 1. The number of aromatic hydroxyl groups is 1. The number of rotatable bonds is 6. The van der Waals surface area contributed by atoms with Gasteiger partial charge < -0.3 is 14.7 Å². The van der Waals surface area contributed by atoms with Gasteiger partial charge in [-0.1, -0.05) is 12.1 Å². The van der Waals surface area contributed by atoms with Gasteiger partial charge in [-0.2, -0.15) is 0 Å². The van der Waals surface area contributed by atoms with E-state index in [1.807, 2.05) is 0 Å². The van der Waals surface area contributed by atoms with Gasteiger partial charge in [0.15, 0.2) is 0 Å². The number of likely N-dealkylation sites (N-methyl/N-ethyl adjacent to an activating group) is 1. The summed E-state index contributed by atoms with van der Waals surface area (Å²) in [6.07, 6.45) is 0.393. The van der Waals surface area contributed by atoms with E-state index in [4.69, 9.17) is 4.74 Å². The second kappa shape index (κ2) is 7.41. The number of nitrogens with zero attached hydrogens (tertiary/aromatic N) is 1. The number of carbonyl (C=O) groups is 2. The topological polar surface area (TPSA) is 66.8 Å². The zero-order valence-electron chi connectivity index (χ0n) is 11.3. The lowest BCUT2D eigenvalue weighted by Gasteiger charge is -2.16. The van der Waals surface area contributed by atoms with Crippen molar-refractivity contribution in [2.24, 2.45) is 0 Å². The van der Waals surface area contributed by atoms with E-state index in [2.05, 4.69) is 0 Å². The van der Waals surface area contributed by atoms with E-state index in [-0.39, 0.29) is 30.5 Å². The van der Waals surface area contributed by atoms with E-state index in [1.165, 1.54) is 4.90 Å². The SMILES string of the molecule is CCOC(=O)CCN(C)C(=O)Cc1cccc(O)c1. The summed E-state index contributed by atoms with van der Waals surface area (Å²) in [6, 6.07) is 6.57. The molecule has 0 atom stereocenters. The van der Waals surface area contributed by atoms with E-state index in [0.717, 1.165) is 5.56 Å². The van der Waals surface area contributed by atoms with Crippen molar-refractivity contribution >= 4 is 11.9 Å². The van der Waals surface area contributed by atoms with Crippen LogP contribution in [0, 0.1) is 0 Å². The highest BCUT2D eigenvalue weighted by molar-refractivity contribution is 5.79. The molecule has 0 aliphatic carbocycles. The Labute approximate surface area is 112 Å². The molecule has 0 spiro atoms. The van der Waals surface area contributed by atoms with Crippen molar-refractivity contribution in [2.75, 3.05) is 20.2 Å². The first-order valence-electron chi connectivity index (χ1n) is 6.20. The molecule has 0 radical (unpaired) electrons. The smallest absolute Gasteiger partial charge is 0.307 e. The molecule has 0 aliphatic heterocycles. The van der Waals surface area contributed by atoms with Crippen molar-refractivity contribution in [3.63, 3.8) is 0 Å². The molecule has 5 heteroatoms. The van der Waals surface area contributed by atoms with Crippen LogP contribution in [0.1, 0.15) is 18.9 Å². The molecule has 19 heavy (non-hydrogen) atoms. The zero-order valence-corrected chi connectivity index (χ0v) is 11.3. The first kappa shape index (κ1) is 15.0. The molecule has 0 heterocycles. The highest BCUT2D eigenvalue weighted by Gasteiger charge is 2.12. The molecule has 0 aromatic heterocycles. The van der Waals surface area contributed by atoms with Gasteiger partial charge in [0.25, 0.3) is 0 Å². The van der Waals surface area contributed by atoms with Crippen LogP contribution in [-0.4, -0.2) is 42.1 Å². The van der Waals surface area contributed by atoms with Crippen molar-refractivity contribution in [1.82, 2.24) is 4.90 Å². The van der Waals surface area contributed by atoms with Crippen molar-refractivity contribution in [1.29, 1.82) is 0 Å². The maximum atomic E-state index is 11.9. The maximum absolute atomic E-state index is 11.9. The fourth-order valence-corrected chi connectivity index (χ4v) is 1.59. The molecular weight excluding hydrogens is 246 g/mol. The molecule has 104 valence electrons.